The van der Waals surface area contributed by atoms with Gasteiger partial charge in [-0.25, -0.2) is 0 Å². The minimum atomic E-state index is -0.110. The fraction of sp³-hybridized carbons (Fsp3) is 0.0526. The van der Waals surface area contributed by atoms with Gasteiger partial charge >= 0.3 is 0 Å². The highest BCUT2D eigenvalue weighted by Crippen LogP contribution is 2.22. The first kappa shape index (κ1) is 14.8. The molecule has 3 rings (SSSR count). The molecule has 0 bridgehead atoms. The van der Waals surface area contributed by atoms with Crippen molar-refractivity contribution in [1.82, 2.24) is 4.57 Å². The number of benzene rings is 2. The van der Waals surface area contributed by atoms with Gasteiger partial charge in [0.1, 0.15) is 0 Å². The van der Waals surface area contributed by atoms with Crippen molar-refractivity contribution in [3.05, 3.63) is 78.0 Å². The van der Waals surface area contributed by atoms with Gasteiger partial charge in [-0.2, -0.15) is 0 Å². The van der Waals surface area contributed by atoms with Crippen LogP contribution in [0.2, 0.25) is 0 Å². The van der Waals surface area contributed by atoms with Crippen LogP contribution in [-0.2, 0) is 11.8 Å². The first-order valence-corrected chi connectivity index (χ1v) is 7.16. The standard InChI is InChI=1S/C19H15NO3/c1-20-12-17(11-18(20)23-13-21)19(22)16-9-7-15(8-10-16)14-5-3-2-4-6-14/h2-13H,1H3. The predicted octanol–water partition coefficient (Wildman–Crippen LogP) is 3.46. The Morgan fingerprint density at radius 2 is 1.61 bits per heavy atom. The Labute approximate surface area is 133 Å². The Balaban J connectivity index is 1.86. The van der Waals surface area contributed by atoms with E-state index < -0.39 is 0 Å². The lowest BCUT2D eigenvalue weighted by Crippen LogP contribution is -1.99. The average Bonchev–Trinajstić information content (AvgIpc) is 2.96. The van der Waals surface area contributed by atoms with Gasteiger partial charge in [0.15, 0.2) is 5.78 Å². The number of carbonyl (C=O) groups excluding carboxylic acids is 2. The molecule has 1 aromatic heterocycles. The molecule has 0 saturated heterocycles. The lowest BCUT2D eigenvalue weighted by molar-refractivity contribution is -0.121. The number of hydrogen-bond donors (Lipinski definition) is 0. The van der Waals surface area contributed by atoms with Gasteiger partial charge in [0.25, 0.3) is 6.47 Å². The van der Waals surface area contributed by atoms with Gasteiger partial charge < -0.3 is 9.30 Å². The zero-order chi connectivity index (χ0) is 16.2. The minimum absolute atomic E-state index is 0.110. The third kappa shape index (κ3) is 3.06. The highest BCUT2D eigenvalue weighted by Gasteiger charge is 2.14. The van der Waals surface area contributed by atoms with Gasteiger partial charge in [-0.15, -0.1) is 0 Å². The minimum Gasteiger partial charge on any atom is -0.412 e. The maximum Gasteiger partial charge on any atom is 0.299 e. The Morgan fingerprint density at radius 3 is 2.26 bits per heavy atom. The number of aromatic nitrogens is 1. The van der Waals surface area contributed by atoms with Crippen LogP contribution in [0.4, 0.5) is 0 Å². The molecule has 114 valence electrons. The SMILES string of the molecule is Cn1cc(C(=O)c2ccc(-c3ccccc3)cc2)cc1OC=O. The van der Waals surface area contributed by atoms with Crippen molar-refractivity contribution in [2.24, 2.45) is 7.05 Å². The summed E-state index contributed by atoms with van der Waals surface area (Å²) >= 11 is 0. The largest absolute Gasteiger partial charge is 0.412 e. The summed E-state index contributed by atoms with van der Waals surface area (Å²) in [6, 6.07) is 19.0. The maximum absolute atomic E-state index is 12.5. The number of rotatable bonds is 5. The molecule has 0 spiro atoms. The van der Waals surface area contributed by atoms with Crippen LogP contribution in [0, 0.1) is 0 Å². The summed E-state index contributed by atoms with van der Waals surface area (Å²) in [5.74, 6) is 0.227. The summed E-state index contributed by atoms with van der Waals surface area (Å²) in [6.07, 6.45) is 1.65. The smallest absolute Gasteiger partial charge is 0.299 e. The fourth-order valence-corrected chi connectivity index (χ4v) is 2.45. The van der Waals surface area contributed by atoms with Crippen LogP contribution in [-0.4, -0.2) is 16.8 Å². The van der Waals surface area contributed by atoms with Gasteiger partial charge in [0.05, 0.1) is 0 Å². The molecule has 0 unspecified atom stereocenters. The third-order valence-corrected chi connectivity index (χ3v) is 3.64. The Morgan fingerprint density at radius 1 is 0.957 bits per heavy atom. The van der Waals surface area contributed by atoms with Crippen molar-refractivity contribution in [2.75, 3.05) is 0 Å². The molecular weight excluding hydrogens is 290 g/mol. The molecule has 1 heterocycles. The van der Waals surface area contributed by atoms with Crippen LogP contribution in [0.3, 0.4) is 0 Å². The Kier molecular flexibility index (Phi) is 4.06. The van der Waals surface area contributed by atoms with E-state index in [1.54, 1.807) is 36.0 Å². The van der Waals surface area contributed by atoms with E-state index in [0.717, 1.165) is 11.1 Å². The predicted molar refractivity (Wildman–Crippen MR) is 87.4 cm³/mol. The summed E-state index contributed by atoms with van der Waals surface area (Å²) in [5.41, 5.74) is 3.23. The molecule has 0 aliphatic rings. The quantitative estimate of drug-likeness (QED) is 0.536. The molecule has 0 fully saturated rings. The molecule has 23 heavy (non-hydrogen) atoms. The fourth-order valence-electron chi connectivity index (χ4n) is 2.45. The summed E-state index contributed by atoms with van der Waals surface area (Å²) in [7, 11) is 1.72. The van der Waals surface area contributed by atoms with E-state index in [1.165, 1.54) is 0 Å². The molecule has 3 aromatic rings. The summed E-state index contributed by atoms with van der Waals surface area (Å²) in [6.45, 7) is 0.345. The lowest BCUT2D eigenvalue weighted by Gasteiger charge is -2.03. The molecule has 0 N–H and O–H groups in total. The molecule has 0 atom stereocenters. The molecule has 4 heteroatoms. The third-order valence-electron chi connectivity index (χ3n) is 3.64. The van der Waals surface area contributed by atoms with Crippen molar-refractivity contribution in [3.8, 4) is 17.0 Å². The molecule has 0 saturated carbocycles. The second kappa shape index (κ2) is 6.32. The van der Waals surface area contributed by atoms with Gasteiger partial charge in [-0.05, 0) is 11.1 Å². The zero-order valence-corrected chi connectivity index (χ0v) is 12.6. The van der Waals surface area contributed by atoms with Crippen molar-refractivity contribution in [1.29, 1.82) is 0 Å². The van der Waals surface area contributed by atoms with Crippen LogP contribution in [0.5, 0.6) is 5.88 Å². The van der Waals surface area contributed by atoms with E-state index in [-0.39, 0.29) is 5.78 Å². The number of ketones is 1. The number of aryl methyl sites for hydroxylation is 1. The van der Waals surface area contributed by atoms with E-state index in [4.69, 9.17) is 4.74 Å². The number of ether oxygens (including phenoxy) is 1. The van der Waals surface area contributed by atoms with Crippen LogP contribution >= 0.6 is 0 Å². The average molecular weight is 305 g/mol. The van der Waals surface area contributed by atoms with E-state index in [9.17, 15) is 9.59 Å². The molecule has 0 amide bonds. The van der Waals surface area contributed by atoms with Gasteiger partial charge in [0.2, 0.25) is 5.88 Å². The van der Waals surface area contributed by atoms with E-state index in [0.29, 0.717) is 23.5 Å². The van der Waals surface area contributed by atoms with Crippen LogP contribution in [0.15, 0.2) is 66.9 Å². The van der Waals surface area contributed by atoms with Crippen LogP contribution < -0.4 is 4.74 Å². The second-order valence-corrected chi connectivity index (χ2v) is 5.16. The first-order chi connectivity index (χ1) is 11.2. The zero-order valence-electron chi connectivity index (χ0n) is 12.6. The molecular formula is C19H15NO3. The second-order valence-electron chi connectivity index (χ2n) is 5.16. The van der Waals surface area contributed by atoms with Crippen LogP contribution in [0.25, 0.3) is 11.1 Å². The normalized spacial score (nSPS) is 10.3. The molecule has 0 radical (unpaired) electrons. The molecule has 0 aliphatic carbocycles. The highest BCUT2D eigenvalue weighted by molar-refractivity contribution is 6.09. The molecule has 0 aliphatic heterocycles. The van der Waals surface area contributed by atoms with Crippen molar-refractivity contribution in [2.45, 2.75) is 0 Å². The maximum atomic E-state index is 12.5. The topological polar surface area (TPSA) is 48.3 Å². The van der Waals surface area contributed by atoms with Crippen molar-refractivity contribution < 1.29 is 14.3 Å². The van der Waals surface area contributed by atoms with E-state index >= 15 is 0 Å². The number of nitrogens with zero attached hydrogens (tertiary/aromatic N) is 1. The lowest BCUT2D eigenvalue weighted by atomic mass is 10.0. The van der Waals surface area contributed by atoms with Crippen molar-refractivity contribution >= 4 is 12.3 Å². The molecule has 2 aromatic carbocycles. The monoisotopic (exact) mass is 305 g/mol. The Hall–Kier alpha value is -3.14. The summed E-state index contributed by atoms with van der Waals surface area (Å²) in [5, 5.41) is 0. The number of hydrogen-bond acceptors (Lipinski definition) is 3. The van der Waals surface area contributed by atoms with Gasteiger partial charge in [-0.3, -0.25) is 9.59 Å². The Bertz CT molecular complexity index is 833. The summed E-state index contributed by atoms with van der Waals surface area (Å²) < 4.78 is 6.41. The molecule has 4 nitrogen and oxygen atoms in total. The summed E-state index contributed by atoms with van der Waals surface area (Å²) in [4.78, 5) is 22.9. The van der Waals surface area contributed by atoms with E-state index in [2.05, 4.69) is 0 Å². The van der Waals surface area contributed by atoms with Gasteiger partial charge in [-0.1, -0.05) is 54.6 Å². The first-order valence-electron chi connectivity index (χ1n) is 7.16. The van der Waals surface area contributed by atoms with E-state index in [1.807, 2.05) is 42.5 Å². The number of carbonyl (C=O) groups is 2. The van der Waals surface area contributed by atoms with Gasteiger partial charge in [0, 0.05) is 30.4 Å². The van der Waals surface area contributed by atoms with Crippen LogP contribution in [0.1, 0.15) is 15.9 Å². The highest BCUT2D eigenvalue weighted by atomic mass is 16.5. The van der Waals surface area contributed by atoms with Crippen molar-refractivity contribution in [3.63, 3.8) is 0 Å².